The van der Waals surface area contributed by atoms with Crippen LogP contribution in [0.5, 0.6) is 0 Å². The fourth-order valence-corrected chi connectivity index (χ4v) is 4.29. The maximum absolute atomic E-state index is 12.9. The van der Waals surface area contributed by atoms with Gasteiger partial charge in [-0.05, 0) is 63.6 Å². The number of nitrogens with zero attached hydrogens (tertiary/aromatic N) is 1. The number of carbonyl (C=O) groups is 5. The van der Waals surface area contributed by atoms with Crippen molar-refractivity contribution in [3.8, 4) is 0 Å². The van der Waals surface area contributed by atoms with Gasteiger partial charge in [0.05, 0.1) is 49.7 Å². The van der Waals surface area contributed by atoms with Crippen LogP contribution in [0.3, 0.4) is 0 Å². The van der Waals surface area contributed by atoms with Crippen LogP contribution >= 0.6 is 0 Å². The summed E-state index contributed by atoms with van der Waals surface area (Å²) in [5, 5.41) is 0. The molecule has 1 amide bonds. The van der Waals surface area contributed by atoms with Gasteiger partial charge >= 0.3 is 17.9 Å². The topological polar surface area (TPSA) is 144 Å². The van der Waals surface area contributed by atoms with Gasteiger partial charge in [0.25, 0.3) is 0 Å². The highest BCUT2D eigenvalue weighted by atomic mass is 16.6. The number of Topliss-reactive ketones (excluding diaryl/α,β-unsaturated/α-hetero) is 1. The molecule has 2 rings (SSSR count). The molecule has 0 bridgehead atoms. The van der Waals surface area contributed by atoms with Gasteiger partial charge in [-0.3, -0.25) is 9.59 Å². The lowest BCUT2D eigenvalue weighted by molar-refractivity contribution is -0.135. The summed E-state index contributed by atoms with van der Waals surface area (Å²) >= 11 is 0. The van der Waals surface area contributed by atoms with Gasteiger partial charge in [0, 0.05) is 31.7 Å². The van der Waals surface area contributed by atoms with Crippen LogP contribution in [0.4, 0.5) is 0 Å². The first kappa shape index (κ1) is 43.9. The first-order valence-corrected chi connectivity index (χ1v) is 15.3. The van der Waals surface area contributed by atoms with Gasteiger partial charge in [0.2, 0.25) is 5.91 Å². The third kappa shape index (κ3) is 15.2. The van der Waals surface area contributed by atoms with Gasteiger partial charge in [-0.1, -0.05) is 33.9 Å². The maximum atomic E-state index is 12.9. The van der Waals surface area contributed by atoms with Gasteiger partial charge in [-0.2, -0.15) is 0 Å². The normalized spacial score (nSPS) is 11.6. The minimum absolute atomic E-state index is 0. The van der Waals surface area contributed by atoms with Gasteiger partial charge in [0.15, 0.2) is 5.78 Å². The van der Waals surface area contributed by atoms with Crippen LogP contribution in [0.25, 0.3) is 0 Å². The predicted molar refractivity (Wildman–Crippen MR) is 181 cm³/mol. The van der Waals surface area contributed by atoms with E-state index in [1.54, 1.807) is 18.9 Å². The lowest BCUT2D eigenvalue weighted by Gasteiger charge is -2.26. The van der Waals surface area contributed by atoms with E-state index in [9.17, 15) is 24.0 Å². The summed E-state index contributed by atoms with van der Waals surface area (Å²) in [6.45, 7) is 9.67. The summed E-state index contributed by atoms with van der Waals surface area (Å²) in [6.07, 6.45) is -0.804. The van der Waals surface area contributed by atoms with Gasteiger partial charge < -0.3 is 33.3 Å². The molecule has 2 unspecified atom stereocenters. The average Bonchev–Trinajstić information content (AvgIpc) is 3.06. The number of esters is 3. The zero-order valence-electron chi connectivity index (χ0n) is 27.3. The number of amides is 1. The second-order valence-electron chi connectivity index (χ2n) is 10.3. The van der Waals surface area contributed by atoms with Crippen molar-refractivity contribution in [2.75, 3.05) is 66.4 Å². The molecule has 12 nitrogen and oxygen atoms in total. The molecular weight excluding hydrogens is 622 g/mol. The molecule has 0 fully saturated rings. The Balaban J connectivity index is 0.0000110. The van der Waals surface area contributed by atoms with Crippen molar-refractivity contribution in [2.45, 2.75) is 55.1 Å². The number of carbonyl (C=O) groups excluding carboxylic acids is 5. The van der Waals surface area contributed by atoms with E-state index < -0.39 is 29.9 Å². The largest absolute Gasteiger partial charge is 0.460 e. The van der Waals surface area contributed by atoms with E-state index in [1.165, 1.54) is 55.5 Å². The van der Waals surface area contributed by atoms with Crippen LogP contribution in [0.2, 0.25) is 0 Å². The minimum atomic E-state index is -0.924. The fraction of sp³-hybridized carbons (Fsp3) is 0.528. The van der Waals surface area contributed by atoms with Crippen molar-refractivity contribution in [1.82, 2.24) is 4.90 Å². The third-order valence-electron chi connectivity index (χ3n) is 6.94. The molecule has 2 atom stereocenters. The Morgan fingerprint density at radius 2 is 1.08 bits per heavy atom. The van der Waals surface area contributed by atoms with E-state index in [2.05, 4.69) is 0 Å². The molecule has 12 heteroatoms. The highest BCUT2D eigenvalue weighted by Crippen LogP contribution is 2.17. The second-order valence-corrected chi connectivity index (χ2v) is 10.3. The number of ketones is 1. The van der Waals surface area contributed by atoms with E-state index >= 15 is 0 Å². The molecule has 0 aromatic heterocycles. The van der Waals surface area contributed by atoms with Crippen LogP contribution in [0.1, 0.15) is 90.4 Å². The average molecular weight is 676 g/mol. The van der Waals surface area contributed by atoms with Crippen LogP contribution in [-0.2, 0) is 33.2 Å². The van der Waals surface area contributed by atoms with Crippen molar-refractivity contribution in [2.24, 2.45) is 5.92 Å². The number of methoxy groups -OCH3 is 1. The molecule has 2 aromatic carbocycles. The quantitative estimate of drug-likeness (QED) is 0.0738. The van der Waals surface area contributed by atoms with E-state index in [0.717, 1.165) is 0 Å². The first-order chi connectivity index (χ1) is 22.1. The fourth-order valence-electron chi connectivity index (χ4n) is 4.29. The standard InChI is InChI=1S/C34H45NO11.2CH4/c1-6-35(7-2)31(37)24(3)22-30(46-34(40)29-10-8-26(9-11-29)25(4)36)23-45-33(39)28-14-12-27(13-15-28)32(38)44-21-20-43-19-18-42-17-16-41-5;;/h8-15,24,30H,6-7,16-23H2,1-5H3;2*1H4. The van der Waals surface area contributed by atoms with Crippen LogP contribution in [0.15, 0.2) is 48.5 Å². The van der Waals surface area contributed by atoms with Crippen LogP contribution < -0.4 is 0 Å². The summed E-state index contributed by atoms with van der Waals surface area (Å²) in [6, 6.07) is 11.7. The molecule has 0 heterocycles. The molecule has 0 spiro atoms. The summed E-state index contributed by atoms with van der Waals surface area (Å²) < 4.78 is 31.8. The van der Waals surface area contributed by atoms with E-state index in [-0.39, 0.29) is 69.5 Å². The molecule has 268 valence electrons. The minimum Gasteiger partial charge on any atom is -0.460 e. The Morgan fingerprint density at radius 1 is 0.646 bits per heavy atom. The lowest BCUT2D eigenvalue weighted by atomic mass is 10.0. The maximum Gasteiger partial charge on any atom is 0.338 e. The Bertz CT molecular complexity index is 1260. The molecule has 0 N–H and O–H groups in total. The first-order valence-electron chi connectivity index (χ1n) is 15.3. The van der Waals surface area contributed by atoms with E-state index in [4.69, 9.17) is 28.4 Å². The van der Waals surface area contributed by atoms with Crippen LogP contribution in [0, 0.1) is 5.92 Å². The molecule has 0 aliphatic carbocycles. The smallest absolute Gasteiger partial charge is 0.338 e. The molecule has 0 saturated carbocycles. The van der Waals surface area contributed by atoms with Gasteiger partial charge in [-0.15, -0.1) is 0 Å². The number of ether oxygens (including phenoxy) is 6. The van der Waals surface area contributed by atoms with Crippen molar-refractivity contribution >= 4 is 29.6 Å². The Labute approximate surface area is 285 Å². The lowest BCUT2D eigenvalue weighted by Crippen LogP contribution is -2.37. The molecule has 0 radical (unpaired) electrons. The zero-order chi connectivity index (χ0) is 33.9. The number of rotatable bonds is 21. The Morgan fingerprint density at radius 3 is 1.56 bits per heavy atom. The molecule has 0 aliphatic heterocycles. The molecule has 2 aromatic rings. The third-order valence-corrected chi connectivity index (χ3v) is 6.94. The molecule has 48 heavy (non-hydrogen) atoms. The van der Waals surface area contributed by atoms with Crippen LogP contribution in [-0.4, -0.2) is 107 Å². The highest BCUT2D eigenvalue weighted by molar-refractivity contribution is 5.96. The summed E-state index contributed by atoms with van der Waals surface area (Å²) in [5.74, 6) is -2.71. The summed E-state index contributed by atoms with van der Waals surface area (Å²) in [4.78, 5) is 64.3. The van der Waals surface area contributed by atoms with Gasteiger partial charge in [0.1, 0.15) is 19.3 Å². The van der Waals surface area contributed by atoms with E-state index in [0.29, 0.717) is 45.1 Å². The monoisotopic (exact) mass is 675 g/mol. The Hall–Kier alpha value is -4.13. The van der Waals surface area contributed by atoms with Crippen molar-refractivity contribution in [3.63, 3.8) is 0 Å². The molecule has 0 saturated heterocycles. The van der Waals surface area contributed by atoms with Crippen molar-refractivity contribution in [1.29, 1.82) is 0 Å². The molecule has 0 aliphatic rings. The summed E-state index contributed by atoms with van der Waals surface area (Å²) in [7, 11) is 1.59. The number of hydrogen-bond donors (Lipinski definition) is 0. The Kier molecular flexibility index (Phi) is 22.0. The SMILES string of the molecule is C.C.CCN(CC)C(=O)C(C)CC(COC(=O)c1ccc(C(=O)OCCOCCOCCOC)cc1)OC(=O)c1ccc(C(C)=O)cc1. The van der Waals surface area contributed by atoms with Gasteiger partial charge in [-0.25, -0.2) is 14.4 Å². The molecular formula is C36H53NO11. The highest BCUT2D eigenvalue weighted by Gasteiger charge is 2.26. The second kappa shape index (κ2) is 24.1. The van der Waals surface area contributed by atoms with E-state index in [1.807, 2.05) is 13.8 Å². The predicted octanol–water partition coefficient (Wildman–Crippen LogP) is 5.27. The zero-order valence-corrected chi connectivity index (χ0v) is 27.3. The van der Waals surface area contributed by atoms with Crippen molar-refractivity contribution < 1.29 is 52.4 Å². The summed E-state index contributed by atoms with van der Waals surface area (Å²) in [5.41, 5.74) is 1.07. The number of hydrogen-bond acceptors (Lipinski definition) is 11. The van der Waals surface area contributed by atoms with Crippen molar-refractivity contribution in [3.05, 3.63) is 70.8 Å². The number of benzene rings is 2.